The van der Waals surface area contributed by atoms with Crippen LogP contribution in [0, 0.1) is 0 Å². The number of hydrogen-bond donors (Lipinski definition) is 0. The van der Waals surface area contributed by atoms with Crippen LogP contribution < -0.4 is 0 Å². The zero-order valence-electron chi connectivity index (χ0n) is 11.6. The number of carbonyl (C=O) groups is 1. The van der Waals surface area contributed by atoms with E-state index in [4.69, 9.17) is 9.47 Å². The van der Waals surface area contributed by atoms with Crippen molar-refractivity contribution in [3.05, 3.63) is 0 Å². The first-order valence-electron chi connectivity index (χ1n) is 7.63. The summed E-state index contributed by atoms with van der Waals surface area (Å²) < 4.78 is 10.8. The topological polar surface area (TPSA) is 35.5 Å². The molecule has 1 aliphatic heterocycles. The minimum Gasteiger partial charge on any atom is -0.466 e. The smallest absolute Gasteiger partial charge is 0.305 e. The summed E-state index contributed by atoms with van der Waals surface area (Å²) in [4.78, 5) is 11.4. The van der Waals surface area contributed by atoms with E-state index in [-0.39, 0.29) is 5.97 Å². The maximum atomic E-state index is 11.4. The summed E-state index contributed by atoms with van der Waals surface area (Å²) >= 11 is 0. The van der Waals surface area contributed by atoms with Crippen LogP contribution in [0.5, 0.6) is 0 Å². The fraction of sp³-hybridized carbons (Fsp3) is 0.933. The van der Waals surface area contributed by atoms with Crippen molar-refractivity contribution in [3.8, 4) is 0 Å². The highest BCUT2D eigenvalue weighted by Crippen LogP contribution is 2.08. The number of esters is 1. The minimum atomic E-state index is -0.0114. The first-order valence-corrected chi connectivity index (χ1v) is 7.63. The number of rotatable bonds is 0. The molecule has 1 saturated heterocycles. The average Bonchev–Trinajstić information content (AvgIpc) is 2.37. The minimum absolute atomic E-state index is 0.0114. The second kappa shape index (κ2) is 11.5. The molecule has 1 aliphatic rings. The first kappa shape index (κ1) is 15.5. The van der Waals surface area contributed by atoms with Crippen LogP contribution in [0.4, 0.5) is 0 Å². The summed E-state index contributed by atoms with van der Waals surface area (Å²) in [5, 5.41) is 0. The van der Waals surface area contributed by atoms with E-state index in [1.165, 1.54) is 32.1 Å². The molecule has 18 heavy (non-hydrogen) atoms. The molecule has 0 aromatic rings. The van der Waals surface area contributed by atoms with Crippen LogP contribution in [0.2, 0.25) is 0 Å². The molecule has 0 N–H and O–H groups in total. The molecule has 0 atom stereocenters. The van der Waals surface area contributed by atoms with Crippen LogP contribution in [0.3, 0.4) is 0 Å². The fourth-order valence-electron chi connectivity index (χ4n) is 2.20. The molecule has 0 aliphatic carbocycles. The third-order valence-electron chi connectivity index (χ3n) is 3.37. The van der Waals surface area contributed by atoms with Gasteiger partial charge in [-0.2, -0.15) is 0 Å². The SMILES string of the molecule is O=C1CCCCCCCOCCCCCCCO1. The summed E-state index contributed by atoms with van der Waals surface area (Å²) in [5.74, 6) is -0.0114. The van der Waals surface area contributed by atoms with Crippen LogP contribution in [-0.2, 0) is 14.3 Å². The molecule has 0 saturated carbocycles. The molecular formula is C15H28O3. The van der Waals surface area contributed by atoms with Gasteiger partial charge in [0.05, 0.1) is 6.61 Å². The number of carbonyl (C=O) groups excluding carboxylic acids is 1. The standard InChI is InChI=1S/C15H28O3/c16-15-11-7-3-1-4-8-12-17-13-9-5-2-6-10-14-18-15/h1-14H2. The van der Waals surface area contributed by atoms with Crippen LogP contribution in [0.25, 0.3) is 0 Å². The predicted molar refractivity (Wildman–Crippen MR) is 72.6 cm³/mol. The normalized spacial score (nSPS) is 23.0. The third kappa shape index (κ3) is 9.46. The van der Waals surface area contributed by atoms with Crippen molar-refractivity contribution in [1.82, 2.24) is 0 Å². The van der Waals surface area contributed by atoms with Crippen LogP contribution >= 0.6 is 0 Å². The van der Waals surface area contributed by atoms with Crippen molar-refractivity contribution in [2.75, 3.05) is 19.8 Å². The summed E-state index contributed by atoms with van der Waals surface area (Å²) in [6.07, 6.45) is 12.1. The molecule has 0 aromatic carbocycles. The van der Waals surface area contributed by atoms with Crippen LogP contribution in [-0.4, -0.2) is 25.8 Å². The average molecular weight is 256 g/mol. The molecule has 0 amide bonds. The highest BCUT2D eigenvalue weighted by atomic mass is 16.5. The second-order valence-corrected chi connectivity index (χ2v) is 5.12. The molecule has 0 radical (unpaired) electrons. The molecule has 106 valence electrons. The molecule has 1 rings (SSSR count). The van der Waals surface area contributed by atoms with Crippen molar-refractivity contribution >= 4 is 5.97 Å². The lowest BCUT2D eigenvalue weighted by Gasteiger charge is -2.04. The summed E-state index contributed by atoms with van der Waals surface area (Å²) in [7, 11) is 0. The molecule has 1 fully saturated rings. The van der Waals surface area contributed by atoms with Gasteiger partial charge in [0.2, 0.25) is 0 Å². The molecule has 3 nitrogen and oxygen atoms in total. The van der Waals surface area contributed by atoms with E-state index in [0.29, 0.717) is 13.0 Å². The van der Waals surface area contributed by atoms with Gasteiger partial charge in [-0.05, 0) is 25.7 Å². The maximum absolute atomic E-state index is 11.4. The Kier molecular flexibility index (Phi) is 9.91. The summed E-state index contributed by atoms with van der Waals surface area (Å²) in [6, 6.07) is 0. The molecular weight excluding hydrogens is 228 g/mol. The molecule has 1 heterocycles. The number of cyclic esters (lactones) is 1. The Morgan fingerprint density at radius 2 is 1.11 bits per heavy atom. The van der Waals surface area contributed by atoms with Gasteiger partial charge in [-0.15, -0.1) is 0 Å². The van der Waals surface area contributed by atoms with Crippen molar-refractivity contribution in [2.45, 2.75) is 70.6 Å². The third-order valence-corrected chi connectivity index (χ3v) is 3.37. The van der Waals surface area contributed by atoms with Crippen molar-refractivity contribution in [1.29, 1.82) is 0 Å². The second-order valence-electron chi connectivity index (χ2n) is 5.12. The van der Waals surface area contributed by atoms with E-state index in [1.807, 2.05) is 0 Å². The van der Waals surface area contributed by atoms with Crippen LogP contribution in [0.15, 0.2) is 0 Å². The molecule has 0 unspecified atom stereocenters. The van der Waals surface area contributed by atoms with Gasteiger partial charge in [-0.25, -0.2) is 0 Å². The first-order chi connectivity index (χ1) is 8.89. The Bertz CT molecular complexity index is 184. The lowest BCUT2D eigenvalue weighted by Crippen LogP contribution is -2.05. The monoisotopic (exact) mass is 256 g/mol. The van der Waals surface area contributed by atoms with Gasteiger partial charge >= 0.3 is 5.97 Å². The van der Waals surface area contributed by atoms with Crippen molar-refractivity contribution in [3.63, 3.8) is 0 Å². The molecule has 0 bridgehead atoms. The van der Waals surface area contributed by atoms with Gasteiger partial charge in [0.15, 0.2) is 0 Å². The zero-order chi connectivity index (χ0) is 12.9. The number of hydrogen-bond acceptors (Lipinski definition) is 3. The van der Waals surface area contributed by atoms with Crippen molar-refractivity contribution < 1.29 is 14.3 Å². The largest absolute Gasteiger partial charge is 0.466 e. The Morgan fingerprint density at radius 3 is 1.78 bits per heavy atom. The van der Waals surface area contributed by atoms with E-state index >= 15 is 0 Å². The van der Waals surface area contributed by atoms with Crippen LogP contribution in [0.1, 0.15) is 70.6 Å². The molecule has 3 heteroatoms. The van der Waals surface area contributed by atoms with E-state index < -0.39 is 0 Å². The van der Waals surface area contributed by atoms with Gasteiger partial charge in [-0.3, -0.25) is 4.79 Å². The van der Waals surface area contributed by atoms with Gasteiger partial charge in [0.25, 0.3) is 0 Å². The van der Waals surface area contributed by atoms with Gasteiger partial charge in [-0.1, -0.05) is 38.5 Å². The molecule has 0 spiro atoms. The summed E-state index contributed by atoms with van der Waals surface area (Å²) in [5.41, 5.74) is 0. The summed E-state index contributed by atoms with van der Waals surface area (Å²) in [6.45, 7) is 2.42. The predicted octanol–water partition coefficient (Wildman–Crippen LogP) is 3.85. The number of ether oxygens (including phenoxy) is 2. The Labute approximate surface area is 111 Å². The quantitative estimate of drug-likeness (QED) is 0.617. The van der Waals surface area contributed by atoms with E-state index in [2.05, 4.69) is 0 Å². The Hall–Kier alpha value is -0.570. The highest BCUT2D eigenvalue weighted by molar-refractivity contribution is 5.69. The highest BCUT2D eigenvalue weighted by Gasteiger charge is 2.02. The van der Waals surface area contributed by atoms with Crippen molar-refractivity contribution in [2.24, 2.45) is 0 Å². The lowest BCUT2D eigenvalue weighted by atomic mass is 10.1. The van der Waals surface area contributed by atoms with E-state index in [9.17, 15) is 4.79 Å². The zero-order valence-corrected chi connectivity index (χ0v) is 11.6. The van der Waals surface area contributed by atoms with E-state index in [0.717, 1.165) is 45.3 Å². The molecule has 0 aromatic heterocycles. The van der Waals surface area contributed by atoms with Gasteiger partial charge in [0.1, 0.15) is 0 Å². The lowest BCUT2D eigenvalue weighted by molar-refractivity contribution is -0.143. The maximum Gasteiger partial charge on any atom is 0.305 e. The fourth-order valence-corrected chi connectivity index (χ4v) is 2.20. The van der Waals surface area contributed by atoms with Gasteiger partial charge in [0, 0.05) is 19.6 Å². The Morgan fingerprint density at radius 1 is 0.611 bits per heavy atom. The Balaban J connectivity index is 2.11. The van der Waals surface area contributed by atoms with E-state index in [1.54, 1.807) is 0 Å². The van der Waals surface area contributed by atoms with Gasteiger partial charge < -0.3 is 9.47 Å².